The molecule has 1 atom stereocenters. The summed E-state index contributed by atoms with van der Waals surface area (Å²) in [6.45, 7) is 11.4. The van der Waals surface area contributed by atoms with Gasteiger partial charge in [-0.25, -0.2) is 0 Å². The second kappa shape index (κ2) is 9.15. The maximum Gasteiger partial charge on any atom is 0.0230 e. The summed E-state index contributed by atoms with van der Waals surface area (Å²) in [7, 11) is 2.24. The molecule has 2 heteroatoms. The summed E-state index contributed by atoms with van der Waals surface area (Å²) >= 11 is 0. The topological polar surface area (TPSA) is 15.3 Å². The van der Waals surface area contributed by atoms with E-state index in [9.17, 15) is 0 Å². The maximum absolute atomic E-state index is 3.60. The third-order valence-corrected chi connectivity index (χ3v) is 3.78. The molecule has 0 saturated carbocycles. The van der Waals surface area contributed by atoms with E-state index in [4.69, 9.17) is 0 Å². The van der Waals surface area contributed by atoms with Crippen LogP contribution in [0.15, 0.2) is 30.3 Å². The van der Waals surface area contributed by atoms with Crippen LogP contribution in [-0.4, -0.2) is 31.6 Å². The van der Waals surface area contributed by atoms with Crippen molar-refractivity contribution in [2.45, 2.75) is 46.6 Å². The van der Waals surface area contributed by atoms with Gasteiger partial charge in [-0.1, -0.05) is 57.5 Å². The number of benzene rings is 1. The molecule has 0 aromatic heterocycles. The molecular weight excluding hydrogens is 244 g/mol. The highest BCUT2D eigenvalue weighted by atomic mass is 15.1. The van der Waals surface area contributed by atoms with E-state index in [1.54, 1.807) is 0 Å². The Morgan fingerprint density at radius 3 is 2.40 bits per heavy atom. The first-order chi connectivity index (χ1) is 9.59. The second-order valence-electron chi connectivity index (χ2n) is 6.40. The Hall–Kier alpha value is -0.860. The molecule has 0 amide bonds. The molecule has 0 aliphatic carbocycles. The largest absolute Gasteiger partial charge is 0.316 e. The summed E-state index contributed by atoms with van der Waals surface area (Å²) in [5.41, 5.74) is 1.77. The van der Waals surface area contributed by atoms with Crippen LogP contribution < -0.4 is 5.32 Å². The van der Waals surface area contributed by atoms with Crippen molar-refractivity contribution in [1.29, 1.82) is 0 Å². The van der Waals surface area contributed by atoms with E-state index in [1.165, 1.54) is 24.8 Å². The first-order valence-electron chi connectivity index (χ1n) is 8.03. The van der Waals surface area contributed by atoms with Crippen LogP contribution in [0.3, 0.4) is 0 Å². The average Bonchev–Trinajstić information content (AvgIpc) is 2.40. The van der Waals surface area contributed by atoms with E-state index in [0.717, 1.165) is 26.2 Å². The minimum atomic E-state index is 0.369. The number of rotatable bonds is 10. The molecule has 0 bridgehead atoms. The normalized spacial score (nSPS) is 14.4. The maximum atomic E-state index is 3.60. The average molecular weight is 276 g/mol. The van der Waals surface area contributed by atoms with Crippen LogP contribution in [0.5, 0.6) is 0 Å². The first kappa shape index (κ1) is 17.2. The first-order valence-corrected chi connectivity index (χ1v) is 8.03. The minimum Gasteiger partial charge on any atom is -0.316 e. The summed E-state index contributed by atoms with van der Waals surface area (Å²) in [5, 5.41) is 3.60. The van der Waals surface area contributed by atoms with E-state index in [2.05, 4.69) is 68.4 Å². The van der Waals surface area contributed by atoms with Crippen molar-refractivity contribution in [3.8, 4) is 0 Å². The smallest absolute Gasteiger partial charge is 0.0230 e. The van der Waals surface area contributed by atoms with E-state index in [0.29, 0.717) is 5.41 Å². The zero-order chi connectivity index (χ0) is 14.8. The van der Waals surface area contributed by atoms with Gasteiger partial charge < -0.3 is 10.2 Å². The standard InChI is InChI=1S/C18H32N2/c1-5-12-18(3,15-19-13-6-2)16-20(4)14-17-10-8-7-9-11-17/h7-11,19H,5-6,12-16H2,1-4H3. The quantitative estimate of drug-likeness (QED) is 0.652. The molecule has 114 valence electrons. The molecule has 0 aliphatic rings. The molecule has 1 aromatic carbocycles. The lowest BCUT2D eigenvalue weighted by Crippen LogP contribution is -2.41. The lowest BCUT2D eigenvalue weighted by Gasteiger charge is -2.34. The highest BCUT2D eigenvalue weighted by Gasteiger charge is 2.24. The Bertz CT molecular complexity index is 350. The van der Waals surface area contributed by atoms with Crippen LogP contribution in [-0.2, 0) is 6.54 Å². The second-order valence-corrected chi connectivity index (χ2v) is 6.40. The lowest BCUT2D eigenvalue weighted by atomic mass is 9.84. The van der Waals surface area contributed by atoms with Gasteiger partial charge in [-0.05, 0) is 37.4 Å². The highest BCUT2D eigenvalue weighted by Crippen LogP contribution is 2.24. The Balaban J connectivity index is 2.50. The molecule has 0 saturated heterocycles. The Morgan fingerprint density at radius 2 is 1.80 bits per heavy atom. The van der Waals surface area contributed by atoms with Gasteiger partial charge in [0, 0.05) is 19.6 Å². The molecule has 0 fully saturated rings. The van der Waals surface area contributed by atoms with Gasteiger partial charge in [0.15, 0.2) is 0 Å². The van der Waals surface area contributed by atoms with Crippen molar-refractivity contribution >= 4 is 0 Å². The van der Waals surface area contributed by atoms with E-state index in [-0.39, 0.29) is 0 Å². The number of hydrogen-bond donors (Lipinski definition) is 1. The fourth-order valence-corrected chi connectivity index (χ4v) is 3.00. The van der Waals surface area contributed by atoms with E-state index < -0.39 is 0 Å². The van der Waals surface area contributed by atoms with Crippen molar-refractivity contribution in [3.63, 3.8) is 0 Å². The minimum absolute atomic E-state index is 0.369. The molecule has 20 heavy (non-hydrogen) atoms. The van der Waals surface area contributed by atoms with Crippen LogP contribution in [0.1, 0.15) is 45.6 Å². The summed E-state index contributed by atoms with van der Waals surface area (Å²) in [6.07, 6.45) is 3.74. The Kier molecular flexibility index (Phi) is 7.86. The van der Waals surface area contributed by atoms with E-state index >= 15 is 0 Å². The van der Waals surface area contributed by atoms with Gasteiger partial charge in [0.05, 0.1) is 0 Å². The molecule has 1 rings (SSSR count). The highest BCUT2D eigenvalue weighted by molar-refractivity contribution is 5.14. The van der Waals surface area contributed by atoms with Crippen LogP contribution in [0.4, 0.5) is 0 Å². The van der Waals surface area contributed by atoms with Gasteiger partial charge in [-0.15, -0.1) is 0 Å². The Morgan fingerprint density at radius 1 is 1.10 bits per heavy atom. The lowest BCUT2D eigenvalue weighted by molar-refractivity contribution is 0.168. The van der Waals surface area contributed by atoms with Gasteiger partial charge in [0.1, 0.15) is 0 Å². The SMILES string of the molecule is CCCNCC(C)(CCC)CN(C)Cc1ccccc1. The van der Waals surface area contributed by atoms with E-state index in [1.807, 2.05) is 0 Å². The fraction of sp³-hybridized carbons (Fsp3) is 0.667. The predicted octanol–water partition coefficient (Wildman–Crippen LogP) is 3.92. The predicted molar refractivity (Wildman–Crippen MR) is 89.0 cm³/mol. The molecule has 1 N–H and O–H groups in total. The molecule has 0 radical (unpaired) electrons. The third-order valence-electron chi connectivity index (χ3n) is 3.78. The van der Waals surface area contributed by atoms with Gasteiger partial charge in [-0.2, -0.15) is 0 Å². The number of nitrogens with one attached hydrogen (secondary N) is 1. The molecular formula is C18H32N2. The van der Waals surface area contributed by atoms with Gasteiger partial charge in [0.2, 0.25) is 0 Å². The van der Waals surface area contributed by atoms with Gasteiger partial charge in [-0.3, -0.25) is 0 Å². The van der Waals surface area contributed by atoms with Crippen molar-refractivity contribution in [2.75, 3.05) is 26.7 Å². The summed E-state index contributed by atoms with van der Waals surface area (Å²) in [5.74, 6) is 0. The summed E-state index contributed by atoms with van der Waals surface area (Å²) < 4.78 is 0. The zero-order valence-electron chi connectivity index (χ0n) is 13.8. The van der Waals surface area contributed by atoms with Crippen LogP contribution >= 0.6 is 0 Å². The van der Waals surface area contributed by atoms with Crippen molar-refractivity contribution < 1.29 is 0 Å². The number of hydrogen-bond acceptors (Lipinski definition) is 2. The molecule has 1 unspecified atom stereocenters. The van der Waals surface area contributed by atoms with Crippen LogP contribution in [0, 0.1) is 5.41 Å². The van der Waals surface area contributed by atoms with Crippen LogP contribution in [0.25, 0.3) is 0 Å². The van der Waals surface area contributed by atoms with Gasteiger partial charge >= 0.3 is 0 Å². The van der Waals surface area contributed by atoms with Crippen molar-refractivity contribution in [1.82, 2.24) is 10.2 Å². The molecule has 0 aliphatic heterocycles. The zero-order valence-corrected chi connectivity index (χ0v) is 13.8. The number of nitrogens with zero attached hydrogens (tertiary/aromatic N) is 1. The molecule has 1 aromatic rings. The third kappa shape index (κ3) is 6.53. The van der Waals surface area contributed by atoms with Crippen LogP contribution in [0.2, 0.25) is 0 Å². The van der Waals surface area contributed by atoms with Crippen molar-refractivity contribution in [2.24, 2.45) is 5.41 Å². The fourth-order valence-electron chi connectivity index (χ4n) is 3.00. The summed E-state index contributed by atoms with van der Waals surface area (Å²) in [6, 6.07) is 10.7. The molecule has 0 heterocycles. The monoisotopic (exact) mass is 276 g/mol. The Labute approximate surface area is 125 Å². The van der Waals surface area contributed by atoms with Gasteiger partial charge in [0.25, 0.3) is 0 Å². The molecule has 0 spiro atoms. The molecule has 2 nitrogen and oxygen atoms in total. The van der Waals surface area contributed by atoms with Crippen molar-refractivity contribution in [3.05, 3.63) is 35.9 Å². The summed E-state index contributed by atoms with van der Waals surface area (Å²) in [4.78, 5) is 2.46.